The first-order chi connectivity index (χ1) is 7.87. The SMILES string of the molecule is Cc1nc2ccc(Cl)nn2c1COS(C)(=O)=O. The lowest BCUT2D eigenvalue weighted by molar-refractivity contribution is 0.303. The standard InChI is InChI=1S/C9H10ClN3O3S/c1-6-7(5-16-17(2,14)15)13-9(11-6)4-3-8(10)12-13/h3-4H,5H2,1-2H3. The van der Waals surface area contributed by atoms with Gasteiger partial charge in [0.2, 0.25) is 0 Å². The Morgan fingerprint density at radius 2 is 2.18 bits per heavy atom. The summed E-state index contributed by atoms with van der Waals surface area (Å²) in [5, 5.41) is 4.34. The van der Waals surface area contributed by atoms with Gasteiger partial charge in [-0.25, -0.2) is 9.50 Å². The fourth-order valence-corrected chi connectivity index (χ4v) is 1.86. The molecule has 0 aliphatic rings. The van der Waals surface area contributed by atoms with Crippen LogP contribution >= 0.6 is 11.6 Å². The van der Waals surface area contributed by atoms with Crippen molar-refractivity contribution >= 4 is 27.4 Å². The molecule has 0 bridgehead atoms. The van der Waals surface area contributed by atoms with Crippen LogP contribution < -0.4 is 0 Å². The highest BCUT2D eigenvalue weighted by atomic mass is 35.5. The van der Waals surface area contributed by atoms with Crippen molar-refractivity contribution in [3.05, 3.63) is 28.7 Å². The van der Waals surface area contributed by atoms with Crippen LogP contribution in [0, 0.1) is 6.92 Å². The fraction of sp³-hybridized carbons (Fsp3) is 0.333. The van der Waals surface area contributed by atoms with Gasteiger partial charge in [0.1, 0.15) is 11.8 Å². The molecule has 0 amide bonds. The zero-order valence-corrected chi connectivity index (χ0v) is 10.8. The van der Waals surface area contributed by atoms with Gasteiger partial charge in [0.25, 0.3) is 10.1 Å². The summed E-state index contributed by atoms with van der Waals surface area (Å²) in [5.74, 6) is 0. The summed E-state index contributed by atoms with van der Waals surface area (Å²) in [5.41, 5.74) is 1.82. The summed E-state index contributed by atoms with van der Waals surface area (Å²) in [6.45, 7) is 1.64. The highest BCUT2D eigenvalue weighted by Crippen LogP contribution is 2.14. The van der Waals surface area contributed by atoms with Gasteiger partial charge in [-0.1, -0.05) is 11.6 Å². The number of rotatable bonds is 3. The lowest BCUT2D eigenvalue weighted by Crippen LogP contribution is -2.06. The molecule has 2 aromatic rings. The van der Waals surface area contributed by atoms with E-state index in [9.17, 15) is 8.42 Å². The molecule has 0 radical (unpaired) electrons. The minimum absolute atomic E-state index is 0.112. The van der Waals surface area contributed by atoms with Crippen LogP contribution in [0.15, 0.2) is 12.1 Å². The number of nitrogens with zero attached hydrogens (tertiary/aromatic N) is 3. The van der Waals surface area contributed by atoms with E-state index in [1.165, 1.54) is 4.52 Å². The number of hydrogen-bond acceptors (Lipinski definition) is 5. The molecule has 0 saturated carbocycles. The molecule has 0 atom stereocenters. The van der Waals surface area contributed by atoms with Gasteiger partial charge in [0.15, 0.2) is 5.65 Å². The van der Waals surface area contributed by atoms with Crippen molar-refractivity contribution < 1.29 is 12.6 Å². The number of fused-ring (bicyclic) bond motifs is 1. The summed E-state index contributed by atoms with van der Waals surface area (Å²) in [7, 11) is -3.50. The second-order valence-electron chi connectivity index (χ2n) is 3.54. The maximum Gasteiger partial charge on any atom is 0.264 e. The van der Waals surface area contributed by atoms with Crippen LogP contribution in [0.2, 0.25) is 5.15 Å². The highest BCUT2D eigenvalue weighted by Gasteiger charge is 2.12. The molecule has 0 aromatic carbocycles. The lowest BCUT2D eigenvalue weighted by Gasteiger charge is -2.02. The topological polar surface area (TPSA) is 73.6 Å². The van der Waals surface area contributed by atoms with Gasteiger partial charge in [0, 0.05) is 0 Å². The number of aryl methyl sites for hydroxylation is 1. The first-order valence-corrected chi connectivity index (χ1v) is 6.91. The number of aromatic nitrogens is 3. The predicted octanol–water partition coefficient (Wildman–Crippen LogP) is 1.17. The molecule has 0 N–H and O–H groups in total. The molecular formula is C9H10ClN3O3S. The van der Waals surface area contributed by atoms with Crippen molar-refractivity contribution in [2.45, 2.75) is 13.5 Å². The molecule has 6 nitrogen and oxygen atoms in total. The molecule has 2 aromatic heterocycles. The van der Waals surface area contributed by atoms with Crippen LogP contribution in [0.4, 0.5) is 0 Å². The molecule has 0 aliphatic carbocycles. The van der Waals surface area contributed by atoms with Crippen molar-refractivity contribution in [3.63, 3.8) is 0 Å². The molecule has 2 heterocycles. The van der Waals surface area contributed by atoms with Crippen LogP contribution in [0.5, 0.6) is 0 Å². The maximum absolute atomic E-state index is 10.9. The van der Waals surface area contributed by atoms with E-state index in [1.807, 2.05) is 0 Å². The number of hydrogen-bond donors (Lipinski definition) is 0. The van der Waals surface area contributed by atoms with Gasteiger partial charge in [-0.3, -0.25) is 4.18 Å². The second-order valence-corrected chi connectivity index (χ2v) is 5.57. The number of imidazole rings is 1. The molecule has 17 heavy (non-hydrogen) atoms. The Labute approximate surface area is 103 Å². The van der Waals surface area contributed by atoms with E-state index in [0.29, 0.717) is 22.2 Å². The van der Waals surface area contributed by atoms with Gasteiger partial charge in [-0.05, 0) is 19.1 Å². The van der Waals surface area contributed by atoms with Crippen molar-refractivity contribution in [2.75, 3.05) is 6.26 Å². The van der Waals surface area contributed by atoms with Gasteiger partial charge < -0.3 is 0 Å². The van der Waals surface area contributed by atoms with Gasteiger partial charge in [0.05, 0.1) is 17.6 Å². The van der Waals surface area contributed by atoms with Crippen LogP contribution in [-0.4, -0.2) is 29.3 Å². The van der Waals surface area contributed by atoms with E-state index in [2.05, 4.69) is 10.1 Å². The molecule has 2 rings (SSSR count). The molecular weight excluding hydrogens is 266 g/mol. The Morgan fingerprint density at radius 3 is 2.82 bits per heavy atom. The summed E-state index contributed by atoms with van der Waals surface area (Å²) >= 11 is 5.77. The minimum Gasteiger partial charge on any atom is -0.264 e. The molecule has 92 valence electrons. The Bertz CT molecular complexity index is 665. The van der Waals surface area contributed by atoms with Gasteiger partial charge in [-0.2, -0.15) is 13.5 Å². The molecule has 8 heteroatoms. The van der Waals surface area contributed by atoms with Crippen LogP contribution in [-0.2, 0) is 20.9 Å². The quantitative estimate of drug-likeness (QED) is 0.786. The third-order valence-corrected chi connectivity index (χ3v) is 2.90. The number of halogens is 1. The zero-order valence-electron chi connectivity index (χ0n) is 9.21. The first kappa shape index (κ1) is 12.3. The van der Waals surface area contributed by atoms with Crippen molar-refractivity contribution in [2.24, 2.45) is 0 Å². The van der Waals surface area contributed by atoms with Gasteiger partial charge >= 0.3 is 0 Å². The summed E-state index contributed by atoms with van der Waals surface area (Å²) in [4.78, 5) is 4.22. The van der Waals surface area contributed by atoms with Crippen LogP contribution in [0.1, 0.15) is 11.4 Å². The van der Waals surface area contributed by atoms with Crippen molar-refractivity contribution in [3.8, 4) is 0 Å². The van der Waals surface area contributed by atoms with E-state index >= 15 is 0 Å². The third kappa shape index (κ3) is 2.74. The third-order valence-electron chi connectivity index (χ3n) is 2.15. The van der Waals surface area contributed by atoms with E-state index in [1.54, 1.807) is 19.1 Å². The average molecular weight is 276 g/mol. The van der Waals surface area contributed by atoms with Gasteiger partial charge in [-0.15, -0.1) is 0 Å². The second kappa shape index (κ2) is 4.25. The lowest BCUT2D eigenvalue weighted by atomic mass is 10.4. The molecule has 0 aliphatic heterocycles. The van der Waals surface area contributed by atoms with E-state index < -0.39 is 10.1 Å². The van der Waals surface area contributed by atoms with Crippen molar-refractivity contribution in [1.82, 2.24) is 14.6 Å². The largest absolute Gasteiger partial charge is 0.264 e. The van der Waals surface area contributed by atoms with E-state index in [4.69, 9.17) is 15.8 Å². The maximum atomic E-state index is 10.9. The molecule has 0 fully saturated rings. The fourth-order valence-electron chi connectivity index (χ4n) is 1.40. The Kier molecular flexibility index (Phi) is 3.07. The van der Waals surface area contributed by atoms with E-state index in [0.717, 1.165) is 6.26 Å². The molecule has 0 spiro atoms. The van der Waals surface area contributed by atoms with Crippen LogP contribution in [0.3, 0.4) is 0 Å². The first-order valence-electron chi connectivity index (χ1n) is 4.72. The predicted molar refractivity (Wildman–Crippen MR) is 62.4 cm³/mol. The Morgan fingerprint density at radius 1 is 1.47 bits per heavy atom. The normalized spacial score (nSPS) is 12.2. The minimum atomic E-state index is -3.50. The zero-order chi connectivity index (χ0) is 12.6. The van der Waals surface area contributed by atoms with E-state index in [-0.39, 0.29) is 6.61 Å². The summed E-state index contributed by atoms with van der Waals surface area (Å²) in [6, 6.07) is 3.32. The molecule has 0 unspecified atom stereocenters. The highest BCUT2D eigenvalue weighted by molar-refractivity contribution is 7.85. The van der Waals surface area contributed by atoms with Crippen molar-refractivity contribution in [1.29, 1.82) is 0 Å². The van der Waals surface area contributed by atoms with Crippen LogP contribution in [0.25, 0.3) is 5.65 Å². The Balaban J connectivity index is 2.45. The monoisotopic (exact) mass is 275 g/mol. The molecule has 0 saturated heterocycles. The smallest absolute Gasteiger partial charge is 0.264 e. The summed E-state index contributed by atoms with van der Waals surface area (Å²) in [6.07, 6.45) is 0.992. The Hall–Kier alpha value is -1.18. The average Bonchev–Trinajstić information content (AvgIpc) is 2.49. The summed E-state index contributed by atoms with van der Waals surface area (Å²) < 4.78 is 28.1.